The Morgan fingerprint density at radius 1 is 1.21 bits per heavy atom. The molecule has 0 atom stereocenters. The molecule has 7 heteroatoms. The van der Waals surface area contributed by atoms with Gasteiger partial charge in [-0.3, -0.25) is 9.69 Å². The second kappa shape index (κ2) is 6.57. The molecule has 3 rings (SSSR count). The number of hydrogen-bond donors (Lipinski definition) is 1. The van der Waals surface area contributed by atoms with Crippen molar-refractivity contribution in [2.75, 3.05) is 42.4 Å². The highest BCUT2D eigenvalue weighted by atomic mass is 16.6. The van der Waals surface area contributed by atoms with E-state index in [9.17, 15) is 9.59 Å². The van der Waals surface area contributed by atoms with E-state index in [0.29, 0.717) is 30.1 Å². The number of carbonyl (C=O) groups excluding carboxylic acids is 2. The van der Waals surface area contributed by atoms with E-state index in [-0.39, 0.29) is 12.0 Å². The summed E-state index contributed by atoms with van der Waals surface area (Å²) in [5, 5.41) is 2.80. The van der Waals surface area contributed by atoms with Crippen LogP contribution in [0.3, 0.4) is 0 Å². The summed E-state index contributed by atoms with van der Waals surface area (Å²) in [5.41, 5.74) is 1.84. The summed E-state index contributed by atoms with van der Waals surface area (Å²) >= 11 is 0. The molecule has 1 N–H and O–H groups in total. The standard InChI is InChI=1S/C17H18N4O3/c1-20(2)15-8-5-13(11-18-15)19-16(22)12-3-6-14(7-4-12)21-9-10-24-17(21)23/h3-8,11H,9-10H2,1-2H3,(H,19,22). The molecule has 1 aliphatic rings. The lowest BCUT2D eigenvalue weighted by Gasteiger charge is -2.13. The van der Waals surface area contributed by atoms with Crippen LogP contribution in [-0.2, 0) is 4.74 Å². The summed E-state index contributed by atoms with van der Waals surface area (Å²) in [4.78, 5) is 31.5. The number of benzene rings is 1. The number of anilines is 3. The monoisotopic (exact) mass is 326 g/mol. The average molecular weight is 326 g/mol. The number of carbonyl (C=O) groups is 2. The van der Waals surface area contributed by atoms with E-state index in [0.717, 1.165) is 5.82 Å². The number of nitrogens with zero attached hydrogens (tertiary/aromatic N) is 3. The molecule has 124 valence electrons. The van der Waals surface area contributed by atoms with Gasteiger partial charge in [-0.25, -0.2) is 9.78 Å². The van der Waals surface area contributed by atoms with Crippen molar-refractivity contribution in [1.82, 2.24) is 4.98 Å². The molecule has 2 amide bonds. The molecule has 0 bridgehead atoms. The number of cyclic esters (lactones) is 1. The van der Waals surface area contributed by atoms with Crippen LogP contribution in [0.1, 0.15) is 10.4 Å². The number of aromatic nitrogens is 1. The van der Waals surface area contributed by atoms with Crippen molar-refractivity contribution in [3.8, 4) is 0 Å². The fourth-order valence-corrected chi connectivity index (χ4v) is 2.35. The first kappa shape index (κ1) is 15.8. The summed E-state index contributed by atoms with van der Waals surface area (Å²) in [7, 11) is 3.80. The van der Waals surface area contributed by atoms with Crippen molar-refractivity contribution >= 4 is 29.2 Å². The normalized spacial score (nSPS) is 13.6. The van der Waals surface area contributed by atoms with Crippen molar-refractivity contribution in [2.24, 2.45) is 0 Å². The molecule has 0 spiro atoms. The van der Waals surface area contributed by atoms with Gasteiger partial charge in [0.2, 0.25) is 0 Å². The Bertz CT molecular complexity index is 741. The van der Waals surface area contributed by atoms with Crippen LogP contribution < -0.4 is 15.1 Å². The SMILES string of the molecule is CN(C)c1ccc(NC(=O)c2ccc(N3CCOC3=O)cc2)cn1. The van der Waals surface area contributed by atoms with Gasteiger partial charge in [-0.05, 0) is 36.4 Å². The maximum Gasteiger partial charge on any atom is 0.414 e. The minimum absolute atomic E-state index is 0.232. The molecule has 24 heavy (non-hydrogen) atoms. The highest BCUT2D eigenvalue weighted by molar-refractivity contribution is 6.04. The van der Waals surface area contributed by atoms with E-state index in [1.165, 1.54) is 4.90 Å². The predicted molar refractivity (Wildman–Crippen MR) is 91.7 cm³/mol. The van der Waals surface area contributed by atoms with E-state index in [1.54, 1.807) is 36.5 Å². The Balaban J connectivity index is 1.67. The van der Waals surface area contributed by atoms with Gasteiger partial charge in [-0.15, -0.1) is 0 Å². The molecule has 0 unspecified atom stereocenters. The quantitative estimate of drug-likeness (QED) is 0.933. The van der Waals surface area contributed by atoms with Gasteiger partial charge in [-0.1, -0.05) is 0 Å². The van der Waals surface area contributed by atoms with Crippen LogP contribution in [0, 0.1) is 0 Å². The maximum absolute atomic E-state index is 12.3. The lowest BCUT2D eigenvalue weighted by Crippen LogP contribution is -2.23. The number of pyridine rings is 1. The molecule has 1 saturated heterocycles. The second-order valence-corrected chi connectivity index (χ2v) is 5.57. The van der Waals surface area contributed by atoms with Gasteiger partial charge >= 0.3 is 6.09 Å². The molecule has 1 aliphatic heterocycles. The largest absolute Gasteiger partial charge is 0.447 e. The van der Waals surface area contributed by atoms with E-state index in [2.05, 4.69) is 10.3 Å². The Hall–Kier alpha value is -3.09. The zero-order chi connectivity index (χ0) is 17.1. The van der Waals surface area contributed by atoms with Gasteiger partial charge < -0.3 is 15.0 Å². The lowest BCUT2D eigenvalue weighted by atomic mass is 10.2. The number of rotatable bonds is 4. The molecular weight excluding hydrogens is 308 g/mol. The third kappa shape index (κ3) is 3.29. The van der Waals surface area contributed by atoms with Crippen molar-refractivity contribution in [3.05, 3.63) is 48.2 Å². The molecule has 7 nitrogen and oxygen atoms in total. The van der Waals surface area contributed by atoms with Crippen LogP contribution in [0.4, 0.5) is 22.0 Å². The summed E-state index contributed by atoms with van der Waals surface area (Å²) in [6.07, 6.45) is 1.25. The minimum Gasteiger partial charge on any atom is -0.447 e. The Morgan fingerprint density at radius 2 is 1.96 bits per heavy atom. The number of nitrogens with one attached hydrogen (secondary N) is 1. The molecule has 1 fully saturated rings. The molecule has 0 aliphatic carbocycles. The maximum atomic E-state index is 12.3. The lowest BCUT2D eigenvalue weighted by molar-refractivity contribution is 0.102. The Kier molecular flexibility index (Phi) is 4.33. The number of hydrogen-bond acceptors (Lipinski definition) is 5. The van der Waals surface area contributed by atoms with Crippen molar-refractivity contribution < 1.29 is 14.3 Å². The zero-order valence-corrected chi connectivity index (χ0v) is 13.5. The van der Waals surface area contributed by atoms with E-state index in [4.69, 9.17) is 4.74 Å². The highest BCUT2D eigenvalue weighted by Gasteiger charge is 2.23. The first-order valence-corrected chi connectivity index (χ1v) is 7.54. The molecule has 0 saturated carbocycles. The van der Waals surface area contributed by atoms with Gasteiger partial charge in [0.15, 0.2) is 0 Å². The first-order chi connectivity index (χ1) is 11.5. The van der Waals surface area contributed by atoms with Gasteiger partial charge in [0, 0.05) is 25.3 Å². The van der Waals surface area contributed by atoms with Crippen molar-refractivity contribution in [1.29, 1.82) is 0 Å². The zero-order valence-electron chi connectivity index (χ0n) is 13.5. The summed E-state index contributed by atoms with van der Waals surface area (Å²) in [6, 6.07) is 10.5. The second-order valence-electron chi connectivity index (χ2n) is 5.57. The summed E-state index contributed by atoms with van der Waals surface area (Å²) < 4.78 is 4.90. The third-order valence-electron chi connectivity index (χ3n) is 3.67. The van der Waals surface area contributed by atoms with Gasteiger partial charge in [0.25, 0.3) is 5.91 Å². The van der Waals surface area contributed by atoms with Gasteiger partial charge in [0.05, 0.1) is 18.4 Å². The minimum atomic E-state index is -0.362. The van der Waals surface area contributed by atoms with E-state index < -0.39 is 0 Å². The van der Waals surface area contributed by atoms with Crippen molar-refractivity contribution in [3.63, 3.8) is 0 Å². The van der Waals surface area contributed by atoms with Gasteiger partial charge in [0.1, 0.15) is 12.4 Å². The van der Waals surface area contributed by atoms with E-state index in [1.807, 2.05) is 25.1 Å². The predicted octanol–water partition coefficient (Wildman–Crippen LogP) is 2.36. The third-order valence-corrected chi connectivity index (χ3v) is 3.67. The molecule has 1 aromatic heterocycles. The van der Waals surface area contributed by atoms with E-state index >= 15 is 0 Å². The highest BCUT2D eigenvalue weighted by Crippen LogP contribution is 2.20. The average Bonchev–Trinajstić information content (AvgIpc) is 3.01. The molecule has 0 radical (unpaired) electrons. The summed E-state index contributed by atoms with van der Waals surface area (Å²) in [5.74, 6) is 0.583. The smallest absolute Gasteiger partial charge is 0.414 e. The Morgan fingerprint density at radius 3 is 2.50 bits per heavy atom. The van der Waals surface area contributed by atoms with Crippen LogP contribution in [0.5, 0.6) is 0 Å². The van der Waals surface area contributed by atoms with Crippen LogP contribution in [0.15, 0.2) is 42.6 Å². The van der Waals surface area contributed by atoms with Crippen LogP contribution in [0.25, 0.3) is 0 Å². The molecular formula is C17H18N4O3. The fraction of sp³-hybridized carbons (Fsp3) is 0.235. The van der Waals surface area contributed by atoms with Crippen LogP contribution in [0.2, 0.25) is 0 Å². The van der Waals surface area contributed by atoms with Crippen LogP contribution in [-0.4, -0.2) is 44.2 Å². The Labute approximate surface area is 139 Å². The molecule has 1 aromatic carbocycles. The van der Waals surface area contributed by atoms with Crippen LogP contribution >= 0.6 is 0 Å². The molecule has 2 aromatic rings. The number of ether oxygens (including phenoxy) is 1. The first-order valence-electron chi connectivity index (χ1n) is 7.54. The topological polar surface area (TPSA) is 74.8 Å². The van der Waals surface area contributed by atoms with Crippen molar-refractivity contribution in [2.45, 2.75) is 0 Å². The number of amides is 2. The molecule has 2 heterocycles. The summed E-state index contributed by atoms with van der Waals surface area (Å²) in [6.45, 7) is 0.908. The fourth-order valence-electron chi connectivity index (χ4n) is 2.35. The van der Waals surface area contributed by atoms with Gasteiger partial charge in [-0.2, -0.15) is 0 Å².